The van der Waals surface area contributed by atoms with Gasteiger partial charge in [-0.25, -0.2) is 18.0 Å². The Morgan fingerprint density at radius 1 is 0.875 bits per heavy atom. The van der Waals surface area contributed by atoms with Gasteiger partial charge in [0.1, 0.15) is 5.75 Å². The monoisotopic (exact) mass is 335 g/mol. The van der Waals surface area contributed by atoms with Crippen LogP contribution in [0.1, 0.15) is 19.3 Å². The van der Waals surface area contributed by atoms with Gasteiger partial charge in [0.05, 0.1) is 0 Å². The maximum atomic E-state index is 13.8. The zero-order valence-corrected chi connectivity index (χ0v) is 12.9. The third-order valence-electron chi connectivity index (χ3n) is 4.02. The minimum absolute atomic E-state index is 0.0530. The van der Waals surface area contributed by atoms with Crippen LogP contribution in [-0.2, 0) is 0 Å². The molecule has 0 N–H and O–H groups in total. The molecule has 0 unspecified atom stereocenters. The van der Waals surface area contributed by atoms with Gasteiger partial charge in [0.15, 0.2) is 17.5 Å². The minimum Gasteiger partial charge on any atom is -0.410 e. The van der Waals surface area contributed by atoms with Gasteiger partial charge in [-0.15, -0.1) is 0 Å². The summed E-state index contributed by atoms with van der Waals surface area (Å²) < 4.78 is 45.4. The Kier molecular flexibility index (Phi) is 4.74. The lowest BCUT2D eigenvalue weighted by atomic mass is 10.0. The van der Waals surface area contributed by atoms with E-state index in [0.29, 0.717) is 24.4 Å². The number of nitrogens with zero attached hydrogens (tertiary/aromatic N) is 1. The molecule has 1 saturated heterocycles. The highest BCUT2D eigenvalue weighted by molar-refractivity contribution is 5.71. The highest BCUT2D eigenvalue weighted by atomic mass is 19.2. The summed E-state index contributed by atoms with van der Waals surface area (Å²) in [4.78, 5) is 13.7. The zero-order chi connectivity index (χ0) is 17.1. The first-order chi connectivity index (χ1) is 11.6. The summed E-state index contributed by atoms with van der Waals surface area (Å²) >= 11 is 0. The van der Waals surface area contributed by atoms with Crippen molar-refractivity contribution in [2.75, 3.05) is 13.1 Å². The fraction of sp³-hybridized carbons (Fsp3) is 0.278. The summed E-state index contributed by atoms with van der Waals surface area (Å²) in [6.45, 7) is 1.36. The number of hydrogen-bond acceptors (Lipinski definition) is 2. The van der Waals surface area contributed by atoms with Crippen molar-refractivity contribution >= 4 is 6.09 Å². The smallest absolute Gasteiger partial charge is 0.410 e. The van der Waals surface area contributed by atoms with Gasteiger partial charge in [-0.05, 0) is 49.1 Å². The molecule has 0 spiro atoms. The number of halogens is 3. The lowest BCUT2D eigenvalue weighted by molar-refractivity contribution is 0.142. The zero-order valence-electron chi connectivity index (χ0n) is 12.9. The topological polar surface area (TPSA) is 29.5 Å². The van der Waals surface area contributed by atoms with Crippen LogP contribution in [0.25, 0.3) is 11.1 Å². The van der Waals surface area contributed by atoms with Crippen LogP contribution in [0.3, 0.4) is 0 Å². The van der Waals surface area contributed by atoms with E-state index in [1.807, 2.05) is 0 Å². The number of benzene rings is 2. The van der Waals surface area contributed by atoms with E-state index < -0.39 is 23.5 Å². The van der Waals surface area contributed by atoms with Crippen LogP contribution in [0.4, 0.5) is 18.0 Å². The third kappa shape index (κ3) is 3.37. The fourth-order valence-corrected chi connectivity index (χ4v) is 2.69. The molecule has 0 aliphatic carbocycles. The summed E-state index contributed by atoms with van der Waals surface area (Å²) in [7, 11) is 0. The summed E-state index contributed by atoms with van der Waals surface area (Å²) in [5.41, 5.74) is 0.312. The molecule has 3 nitrogen and oxygen atoms in total. The fourth-order valence-electron chi connectivity index (χ4n) is 2.69. The van der Waals surface area contributed by atoms with Crippen LogP contribution in [0, 0.1) is 17.5 Å². The van der Waals surface area contributed by atoms with Crippen LogP contribution in [0.2, 0.25) is 0 Å². The number of carbonyl (C=O) groups is 1. The molecule has 2 aromatic rings. The molecule has 1 heterocycles. The van der Waals surface area contributed by atoms with Crippen molar-refractivity contribution in [3.8, 4) is 16.9 Å². The van der Waals surface area contributed by atoms with Gasteiger partial charge in [0.2, 0.25) is 0 Å². The quantitative estimate of drug-likeness (QED) is 0.741. The standard InChI is InChI=1S/C18H16F3NO2/c19-15-9-8-14(16(20)17(15)21)12-4-6-13(7-5-12)24-18(23)22-10-2-1-3-11-22/h4-9H,1-3,10-11H2. The van der Waals surface area contributed by atoms with Gasteiger partial charge in [-0.1, -0.05) is 12.1 Å². The van der Waals surface area contributed by atoms with Crippen molar-refractivity contribution in [2.24, 2.45) is 0 Å². The number of ether oxygens (including phenoxy) is 1. The van der Waals surface area contributed by atoms with Gasteiger partial charge >= 0.3 is 6.09 Å². The molecule has 6 heteroatoms. The molecule has 1 amide bonds. The lowest BCUT2D eigenvalue weighted by Crippen LogP contribution is -2.37. The van der Waals surface area contributed by atoms with Crippen molar-refractivity contribution in [1.82, 2.24) is 4.90 Å². The van der Waals surface area contributed by atoms with Gasteiger partial charge in [0, 0.05) is 18.7 Å². The Labute approximate surface area is 137 Å². The number of amides is 1. The predicted octanol–water partition coefficient (Wildman–Crippen LogP) is 4.76. The Bertz CT molecular complexity index is 741. The van der Waals surface area contributed by atoms with E-state index in [4.69, 9.17) is 4.74 Å². The van der Waals surface area contributed by atoms with E-state index in [1.165, 1.54) is 30.3 Å². The van der Waals surface area contributed by atoms with E-state index in [0.717, 1.165) is 25.3 Å². The van der Waals surface area contributed by atoms with Gasteiger partial charge in [-0.2, -0.15) is 0 Å². The van der Waals surface area contributed by atoms with E-state index in [-0.39, 0.29) is 5.56 Å². The highest BCUT2D eigenvalue weighted by Gasteiger charge is 2.19. The van der Waals surface area contributed by atoms with Gasteiger partial charge < -0.3 is 9.64 Å². The number of hydrogen-bond donors (Lipinski definition) is 0. The molecule has 0 aromatic heterocycles. The van der Waals surface area contributed by atoms with Gasteiger partial charge in [0.25, 0.3) is 0 Å². The Morgan fingerprint density at radius 3 is 2.21 bits per heavy atom. The molecule has 2 aromatic carbocycles. The second kappa shape index (κ2) is 6.95. The van der Waals surface area contributed by atoms with Crippen LogP contribution in [0.15, 0.2) is 36.4 Å². The summed E-state index contributed by atoms with van der Waals surface area (Å²) in [6, 6.07) is 8.03. The van der Waals surface area contributed by atoms with E-state index in [9.17, 15) is 18.0 Å². The van der Waals surface area contributed by atoms with Crippen LogP contribution >= 0.6 is 0 Å². The number of carbonyl (C=O) groups excluding carboxylic acids is 1. The first-order valence-electron chi connectivity index (χ1n) is 7.77. The molecule has 3 rings (SSSR count). The molecule has 0 bridgehead atoms. The average Bonchev–Trinajstić information content (AvgIpc) is 2.61. The SMILES string of the molecule is O=C(Oc1ccc(-c2ccc(F)c(F)c2F)cc1)N1CCCCC1. The summed E-state index contributed by atoms with van der Waals surface area (Å²) in [5, 5.41) is 0. The van der Waals surface area contributed by atoms with Crippen LogP contribution < -0.4 is 4.74 Å². The first kappa shape index (κ1) is 16.4. The number of likely N-dealkylation sites (tertiary alicyclic amines) is 1. The predicted molar refractivity (Wildman–Crippen MR) is 83.2 cm³/mol. The summed E-state index contributed by atoms with van der Waals surface area (Å²) in [6.07, 6.45) is 2.62. The molecule has 1 fully saturated rings. The normalized spacial score (nSPS) is 14.5. The molecule has 0 radical (unpaired) electrons. The third-order valence-corrected chi connectivity index (χ3v) is 4.02. The molecule has 126 valence electrons. The van der Waals surface area contributed by atoms with Crippen molar-refractivity contribution in [2.45, 2.75) is 19.3 Å². The highest BCUT2D eigenvalue weighted by Crippen LogP contribution is 2.27. The van der Waals surface area contributed by atoms with Gasteiger partial charge in [-0.3, -0.25) is 0 Å². The Hall–Kier alpha value is -2.50. The maximum absolute atomic E-state index is 13.8. The second-order valence-corrected chi connectivity index (χ2v) is 5.66. The van der Waals surface area contributed by atoms with E-state index >= 15 is 0 Å². The Balaban J connectivity index is 1.74. The largest absolute Gasteiger partial charge is 0.415 e. The summed E-state index contributed by atoms with van der Waals surface area (Å²) in [5.74, 6) is -3.66. The minimum atomic E-state index is -1.51. The average molecular weight is 335 g/mol. The second-order valence-electron chi connectivity index (χ2n) is 5.66. The number of rotatable bonds is 2. The van der Waals surface area contributed by atoms with Crippen LogP contribution in [0.5, 0.6) is 5.75 Å². The molecule has 1 aliphatic heterocycles. The molecular formula is C18H16F3NO2. The van der Waals surface area contributed by atoms with Crippen molar-refractivity contribution in [3.63, 3.8) is 0 Å². The van der Waals surface area contributed by atoms with E-state index in [1.54, 1.807) is 4.90 Å². The molecule has 0 saturated carbocycles. The van der Waals surface area contributed by atoms with Crippen LogP contribution in [-0.4, -0.2) is 24.1 Å². The first-order valence-corrected chi connectivity index (χ1v) is 7.77. The number of piperidine rings is 1. The molecule has 0 atom stereocenters. The molecular weight excluding hydrogens is 319 g/mol. The Morgan fingerprint density at radius 2 is 1.54 bits per heavy atom. The molecule has 24 heavy (non-hydrogen) atoms. The van der Waals surface area contributed by atoms with E-state index in [2.05, 4.69) is 0 Å². The van der Waals surface area contributed by atoms with Crippen molar-refractivity contribution in [3.05, 3.63) is 53.8 Å². The van der Waals surface area contributed by atoms with Crippen molar-refractivity contribution in [1.29, 1.82) is 0 Å². The molecule has 1 aliphatic rings. The maximum Gasteiger partial charge on any atom is 0.415 e. The van der Waals surface area contributed by atoms with Crippen molar-refractivity contribution < 1.29 is 22.7 Å². The lowest BCUT2D eigenvalue weighted by Gasteiger charge is -2.25.